The van der Waals surface area contributed by atoms with Crippen LogP contribution in [-0.4, -0.2) is 32.4 Å². The van der Waals surface area contributed by atoms with Gasteiger partial charge in [-0.15, -0.1) is 0 Å². The van der Waals surface area contributed by atoms with Gasteiger partial charge < -0.3 is 4.74 Å². The summed E-state index contributed by atoms with van der Waals surface area (Å²) in [7, 11) is -2.36. The predicted octanol–water partition coefficient (Wildman–Crippen LogP) is -0.0859. The second-order valence-electron chi connectivity index (χ2n) is 1.82. The predicted molar refractivity (Wildman–Crippen MR) is 40.7 cm³/mol. The summed E-state index contributed by atoms with van der Waals surface area (Å²) in [6.45, 7) is 0.283. The summed E-state index contributed by atoms with van der Waals surface area (Å²) in [5.74, 6) is 4.77. The fourth-order valence-corrected chi connectivity index (χ4v) is 0.752. The second kappa shape index (κ2) is 5.13. The molecule has 0 heterocycles. The highest BCUT2D eigenvalue weighted by molar-refractivity contribution is 7.85. The zero-order valence-electron chi connectivity index (χ0n) is 6.20. The number of rotatable bonds is 3. The Morgan fingerprint density at radius 3 is 2.55 bits per heavy atom. The third-order valence-corrected chi connectivity index (χ3v) is 1.55. The van der Waals surface area contributed by atoms with Crippen molar-refractivity contribution in [2.24, 2.45) is 0 Å². The van der Waals surface area contributed by atoms with Crippen LogP contribution in [0.3, 0.4) is 0 Å². The van der Waals surface area contributed by atoms with Crippen LogP contribution < -0.4 is 0 Å². The molecule has 0 aromatic heterocycles. The van der Waals surface area contributed by atoms with Crippen LogP contribution in [0.2, 0.25) is 0 Å². The van der Waals surface area contributed by atoms with Crippen molar-refractivity contribution in [2.75, 3.05) is 19.5 Å². The average molecular weight is 178 g/mol. The summed E-state index contributed by atoms with van der Waals surface area (Å²) in [5.41, 5.74) is 0. The van der Waals surface area contributed by atoms with Gasteiger partial charge in [-0.25, -0.2) is 0 Å². The molecule has 0 aromatic rings. The molecular formula is C6H10O4S. The Hall–Kier alpha value is -0.570. The summed E-state index contributed by atoms with van der Waals surface area (Å²) in [4.78, 5) is 0. The third kappa shape index (κ3) is 9.43. The first kappa shape index (κ1) is 10.4. The monoisotopic (exact) mass is 178 g/mol. The zero-order chi connectivity index (χ0) is 8.74. The van der Waals surface area contributed by atoms with Crippen molar-refractivity contribution >= 4 is 10.1 Å². The smallest absolute Gasteiger partial charge is 0.265 e. The Bertz CT molecular complexity index is 243. The van der Waals surface area contributed by atoms with Crippen molar-refractivity contribution in [1.29, 1.82) is 0 Å². The second-order valence-corrected chi connectivity index (χ2v) is 3.39. The van der Waals surface area contributed by atoms with Gasteiger partial charge in [0.15, 0.2) is 0 Å². The van der Waals surface area contributed by atoms with Gasteiger partial charge in [-0.3, -0.25) is 4.55 Å². The molecule has 0 aliphatic rings. The molecule has 0 spiro atoms. The lowest BCUT2D eigenvalue weighted by atomic mass is 10.5. The first-order valence-electron chi connectivity index (χ1n) is 2.96. The standard InChI is InChI=1S/C6H10O4S/c1-10-5-3-2-4-6-11(7,8)9/h4-6H2,1H3,(H,7,8,9). The van der Waals surface area contributed by atoms with Crippen molar-refractivity contribution < 1.29 is 17.7 Å². The van der Waals surface area contributed by atoms with Gasteiger partial charge in [-0.1, -0.05) is 11.8 Å². The van der Waals surface area contributed by atoms with Crippen LogP contribution in [0.25, 0.3) is 0 Å². The van der Waals surface area contributed by atoms with Gasteiger partial charge >= 0.3 is 0 Å². The maximum Gasteiger partial charge on any atom is 0.265 e. The van der Waals surface area contributed by atoms with Gasteiger partial charge in [-0.05, 0) is 0 Å². The SMILES string of the molecule is COCC#CCCS(=O)(=O)O. The lowest BCUT2D eigenvalue weighted by Gasteiger charge is -1.87. The Labute approximate surface area is 66.3 Å². The van der Waals surface area contributed by atoms with Crippen molar-refractivity contribution in [1.82, 2.24) is 0 Å². The number of hydrogen-bond acceptors (Lipinski definition) is 3. The topological polar surface area (TPSA) is 63.6 Å². The molecule has 4 nitrogen and oxygen atoms in total. The van der Waals surface area contributed by atoms with Crippen molar-refractivity contribution in [3.05, 3.63) is 0 Å². The van der Waals surface area contributed by atoms with Crippen LogP contribution in [0.1, 0.15) is 6.42 Å². The van der Waals surface area contributed by atoms with Gasteiger partial charge in [0.2, 0.25) is 0 Å². The van der Waals surface area contributed by atoms with E-state index in [1.165, 1.54) is 7.11 Å². The molecule has 0 aliphatic heterocycles. The molecule has 0 aromatic carbocycles. The highest BCUT2D eigenvalue weighted by atomic mass is 32.2. The fourth-order valence-electron chi connectivity index (χ4n) is 0.392. The van der Waals surface area contributed by atoms with Gasteiger partial charge in [0.25, 0.3) is 10.1 Å². The fraction of sp³-hybridized carbons (Fsp3) is 0.667. The largest absolute Gasteiger partial charge is 0.372 e. The molecular weight excluding hydrogens is 168 g/mol. The highest BCUT2D eigenvalue weighted by Crippen LogP contribution is 1.85. The Morgan fingerprint density at radius 2 is 2.09 bits per heavy atom. The molecule has 0 amide bonds. The van der Waals surface area contributed by atoms with E-state index < -0.39 is 10.1 Å². The van der Waals surface area contributed by atoms with Crippen LogP contribution in [0.4, 0.5) is 0 Å². The van der Waals surface area contributed by atoms with Gasteiger partial charge in [-0.2, -0.15) is 8.42 Å². The van der Waals surface area contributed by atoms with Crippen molar-refractivity contribution in [2.45, 2.75) is 6.42 Å². The maximum atomic E-state index is 10.1. The molecule has 0 fully saturated rings. The van der Waals surface area contributed by atoms with Gasteiger partial charge in [0.05, 0.1) is 5.75 Å². The molecule has 0 unspecified atom stereocenters. The minimum absolute atomic E-state index is 0.141. The Morgan fingerprint density at radius 1 is 1.45 bits per heavy atom. The molecule has 0 atom stereocenters. The van der Waals surface area contributed by atoms with Crippen molar-refractivity contribution in [3.63, 3.8) is 0 Å². The number of hydrogen-bond donors (Lipinski definition) is 1. The number of ether oxygens (including phenoxy) is 1. The lowest BCUT2D eigenvalue weighted by Crippen LogP contribution is -2.02. The zero-order valence-corrected chi connectivity index (χ0v) is 7.02. The lowest BCUT2D eigenvalue weighted by molar-refractivity contribution is 0.239. The van der Waals surface area contributed by atoms with E-state index in [1.54, 1.807) is 0 Å². The summed E-state index contributed by atoms with van der Waals surface area (Å²) in [6, 6.07) is 0. The van der Waals surface area contributed by atoms with Crippen LogP contribution in [0, 0.1) is 11.8 Å². The van der Waals surface area contributed by atoms with E-state index in [-0.39, 0.29) is 18.8 Å². The summed E-state index contributed by atoms with van der Waals surface area (Å²) < 4.78 is 33.1. The molecule has 0 aliphatic carbocycles. The summed E-state index contributed by atoms with van der Waals surface area (Å²) in [6.07, 6.45) is 0.141. The molecule has 0 rings (SSSR count). The summed E-state index contributed by atoms with van der Waals surface area (Å²) in [5, 5.41) is 0. The minimum atomic E-state index is -3.85. The van der Waals surface area contributed by atoms with E-state index in [9.17, 15) is 8.42 Å². The van der Waals surface area contributed by atoms with Gasteiger partial charge in [0.1, 0.15) is 6.61 Å². The average Bonchev–Trinajstić information content (AvgIpc) is 1.85. The van der Waals surface area contributed by atoms with Crippen LogP contribution in [0.15, 0.2) is 0 Å². The normalized spacial score (nSPS) is 10.4. The van der Waals surface area contributed by atoms with Crippen molar-refractivity contribution in [3.8, 4) is 11.8 Å². The first-order valence-corrected chi connectivity index (χ1v) is 4.57. The molecule has 5 heteroatoms. The van der Waals surface area contributed by atoms with E-state index in [1.807, 2.05) is 0 Å². The van der Waals surface area contributed by atoms with Gasteiger partial charge in [0, 0.05) is 13.5 Å². The quantitative estimate of drug-likeness (QED) is 0.484. The minimum Gasteiger partial charge on any atom is -0.372 e. The molecule has 64 valence electrons. The maximum absolute atomic E-state index is 10.1. The van der Waals surface area contributed by atoms with E-state index in [2.05, 4.69) is 16.6 Å². The summed E-state index contributed by atoms with van der Waals surface area (Å²) >= 11 is 0. The van der Waals surface area contributed by atoms with Crippen LogP contribution in [-0.2, 0) is 14.9 Å². The van der Waals surface area contributed by atoms with E-state index >= 15 is 0 Å². The van der Waals surface area contributed by atoms with E-state index in [0.29, 0.717) is 0 Å². The first-order chi connectivity index (χ1) is 5.06. The number of methoxy groups -OCH3 is 1. The third-order valence-electron chi connectivity index (χ3n) is 0.827. The molecule has 0 saturated heterocycles. The molecule has 1 N–H and O–H groups in total. The Kier molecular flexibility index (Phi) is 4.86. The Balaban J connectivity index is 3.52. The molecule has 11 heavy (non-hydrogen) atoms. The molecule has 0 saturated carbocycles. The van der Waals surface area contributed by atoms with E-state index in [4.69, 9.17) is 4.55 Å². The van der Waals surface area contributed by atoms with Crippen LogP contribution >= 0.6 is 0 Å². The van der Waals surface area contributed by atoms with E-state index in [0.717, 1.165) is 0 Å². The molecule has 0 bridgehead atoms. The van der Waals surface area contributed by atoms with Crippen LogP contribution in [0.5, 0.6) is 0 Å². The highest BCUT2D eigenvalue weighted by Gasteiger charge is 2.00. The molecule has 0 radical (unpaired) electrons.